The maximum Gasteiger partial charge on any atom is 0.311 e. The second-order valence-electron chi connectivity index (χ2n) is 7.43. The number of halogens is 1. The molecule has 1 N–H and O–H groups in total. The quantitative estimate of drug-likeness (QED) is 0.624. The molecule has 2 aromatic rings. The Morgan fingerprint density at radius 1 is 1.10 bits per heavy atom. The molecule has 8 heteroatoms. The van der Waals surface area contributed by atoms with Crippen LogP contribution in [0.1, 0.15) is 29.8 Å². The van der Waals surface area contributed by atoms with E-state index < -0.39 is 21.2 Å². The second-order valence-corrected chi connectivity index (χ2v) is 9.53. The van der Waals surface area contributed by atoms with Gasteiger partial charge in [-0.2, -0.15) is 8.42 Å². The van der Waals surface area contributed by atoms with Gasteiger partial charge in [0, 0.05) is 6.54 Å². The molecule has 158 valence electrons. The first kappa shape index (κ1) is 22.8. The van der Waals surface area contributed by atoms with Gasteiger partial charge in [-0.1, -0.05) is 24.3 Å². The fraction of sp³-hybridized carbons (Fsp3) is 0.381. The minimum Gasteiger partial charge on any atom is -0.382 e. The molecule has 2 rings (SSSR count). The predicted octanol–water partition coefficient (Wildman–Crippen LogP) is 1.73. The first-order valence-electron chi connectivity index (χ1n) is 9.45. The summed E-state index contributed by atoms with van der Waals surface area (Å²) in [7, 11) is 0.290. The highest BCUT2D eigenvalue weighted by Gasteiger charge is 2.21. The van der Waals surface area contributed by atoms with Crippen LogP contribution in [-0.4, -0.2) is 51.7 Å². The predicted molar refractivity (Wildman–Crippen MR) is 110 cm³/mol. The third-order valence-electron chi connectivity index (χ3n) is 4.36. The van der Waals surface area contributed by atoms with E-state index in [9.17, 15) is 17.6 Å². The molecule has 0 saturated carbocycles. The van der Waals surface area contributed by atoms with Crippen molar-refractivity contribution in [3.8, 4) is 5.75 Å². The highest BCUT2D eigenvalue weighted by atomic mass is 32.2. The Kier molecular flexibility index (Phi) is 7.75. The van der Waals surface area contributed by atoms with E-state index in [0.717, 1.165) is 5.56 Å². The lowest BCUT2D eigenvalue weighted by atomic mass is 10.1. The molecule has 0 radical (unpaired) electrons. The molecule has 0 aromatic heterocycles. The Balaban J connectivity index is 2.18. The summed E-state index contributed by atoms with van der Waals surface area (Å²) in [6.45, 7) is 4.52. The van der Waals surface area contributed by atoms with Crippen LogP contribution in [0.15, 0.2) is 48.5 Å². The minimum absolute atomic E-state index is 0.0317. The molecule has 0 aliphatic heterocycles. The average Bonchev–Trinajstić information content (AvgIpc) is 2.66. The van der Waals surface area contributed by atoms with E-state index in [1.54, 1.807) is 55.1 Å². The topological polar surface area (TPSA) is 68.1 Å². The number of amides is 1. The summed E-state index contributed by atoms with van der Waals surface area (Å²) in [6, 6.07) is 12.4. The number of hydrogen-bond donors (Lipinski definition) is 1. The Hall–Kier alpha value is -2.45. The maximum atomic E-state index is 14.1. The molecule has 0 saturated heterocycles. The number of quaternary nitrogens is 1. The first-order chi connectivity index (χ1) is 13.6. The molecule has 0 aliphatic carbocycles. The zero-order valence-electron chi connectivity index (χ0n) is 17.2. The van der Waals surface area contributed by atoms with Gasteiger partial charge in [0.25, 0.3) is 5.91 Å². The number of benzene rings is 2. The Bertz CT molecular complexity index is 928. The number of carbonyl (C=O) groups excluding carboxylic acids is 1. The molecule has 29 heavy (non-hydrogen) atoms. The van der Waals surface area contributed by atoms with Crippen molar-refractivity contribution in [2.45, 2.75) is 25.6 Å². The van der Waals surface area contributed by atoms with Gasteiger partial charge in [-0.25, -0.2) is 4.39 Å². The van der Waals surface area contributed by atoms with Crippen LogP contribution in [0.3, 0.4) is 0 Å². The van der Waals surface area contributed by atoms with E-state index in [0.29, 0.717) is 13.1 Å². The fourth-order valence-corrected chi connectivity index (χ4v) is 3.09. The summed E-state index contributed by atoms with van der Waals surface area (Å²) in [4.78, 5) is 15.6. The van der Waals surface area contributed by atoms with Gasteiger partial charge >= 0.3 is 10.1 Å². The van der Waals surface area contributed by atoms with Crippen molar-refractivity contribution >= 4 is 16.0 Å². The lowest BCUT2D eigenvalue weighted by Gasteiger charge is -2.24. The zero-order valence-corrected chi connectivity index (χ0v) is 18.0. The monoisotopic (exact) mass is 423 g/mol. The summed E-state index contributed by atoms with van der Waals surface area (Å²) < 4.78 is 42.9. The van der Waals surface area contributed by atoms with Crippen LogP contribution < -0.4 is 9.08 Å². The highest BCUT2D eigenvalue weighted by molar-refractivity contribution is 7.87. The lowest BCUT2D eigenvalue weighted by molar-refractivity contribution is -0.857. The van der Waals surface area contributed by atoms with Crippen molar-refractivity contribution < 1.29 is 26.7 Å². The van der Waals surface area contributed by atoms with Gasteiger partial charge in [0.1, 0.15) is 11.6 Å². The Morgan fingerprint density at radius 2 is 1.72 bits per heavy atom. The van der Waals surface area contributed by atoms with Gasteiger partial charge in [0.2, 0.25) is 0 Å². The Morgan fingerprint density at radius 3 is 2.28 bits per heavy atom. The van der Waals surface area contributed by atoms with Crippen LogP contribution in [-0.2, 0) is 16.7 Å². The van der Waals surface area contributed by atoms with Crippen LogP contribution in [0.4, 0.5) is 4.39 Å². The van der Waals surface area contributed by atoms with Crippen molar-refractivity contribution in [1.82, 2.24) is 4.90 Å². The van der Waals surface area contributed by atoms with Crippen molar-refractivity contribution in [2.24, 2.45) is 0 Å². The molecule has 0 fully saturated rings. The van der Waals surface area contributed by atoms with Crippen LogP contribution in [0.25, 0.3) is 0 Å². The van der Waals surface area contributed by atoms with E-state index >= 15 is 0 Å². The first-order valence-corrected chi connectivity index (χ1v) is 10.9. The normalized spacial score (nSPS) is 11.7. The van der Waals surface area contributed by atoms with E-state index in [1.165, 1.54) is 17.0 Å². The minimum atomic E-state index is -3.67. The number of hydrogen-bond acceptors (Lipinski definition) is 4. The zero-order chi connectivity index (χ0) is 21.6. The largest absolute Gasteiger partial charge is 0.382 e. The SMILES string of the molecule is CC(C)S(=O)(=O)Oc1ccc(CN(CC[NH+](C)C)C(=O)c2ccccc2F)cc1. The summed E-state index contributed by atoms with van der Waals surface area (Å²) >= 11 is 0. The molecule has 0 bridgehead atoms. The van der Waals surface area contributed by atoms with E-state index in [1.807, 2.05) is 14.1 Å². The van der Waals surface area contributed by atoms with Gasteiger partial charge in [-0.3, -0.25) is 4.79 Å². The van der Waals surface area contributed by atoms with E-state index in [2.05, 4.69) is 0 Å². The van der Waals surface area contributed by atoms with Gasteiger partial charge in [-0.05, 0) is 43.7 Å². The number of nitrogens with one attached hydrogen (secondary N) is 1. The highest BCUT2D eigenvalue weighted by Crippen LogP contribution is 2.18. The molecule has 2 aromatic carbocycles. The molecule has 6 nitrogen and oxygen atoms in total. The molecule has 0 aliphatic rings. The molecule has 0 atom stereocenters. The third kappa shape index (κ3) is 6.54. The summed E-state index contributed by atoms with van der Waals surface area (Å²) in [5.74, 6) is -0.721. The second kappa shape index (κ2) is 9.84. The van der Waals surface area contributed by atoms with Gasteiger partial charge in [0.05, 0.1) is 38.0 Å². The molecule has 1 amide bonds. The smallest absolute Gasteiger partial charge is 0.311 e. The van der Waals surface area contributed by atoms with Crippen molar-refractivity contribution in [3.63, 3.8) is 0 Å². The fourth-order valence-electron chi connectivity index (χ4n) is 2.52. The molecule has 0 unspecified atom stereocenters. The third-order valence-corrected chi connectivity index (χ3v) is 5.94. The molecule has 0 heterocycles. The standard InChI is InChI=1S/C21H27FN2O4S/c1-16(2)29(26,27)28-18-11-9-17(10-12-18)15-24(14-13-23(3)4)21(25)19-7-5-6-8-20(19)22/h5-12,16H,13-15H2,1-4H3/p+1. The lowest BCUT2D eigenvalue weighted by Crippen LogP contribution is -3.06. The van der Waals surface area contributed by atoms with Crippen molar-refractivity contribution in [2.75, 3.05) is 27.2 Å². The van der Waals surface area contributed by atoms with Gasteiger partial charge in [0.15, 0.2) is 0 Å². The molecule has 0 spiro atoms. The van der Waals surface area contributed by atoms with Crippen molar-refractivity contribution in [3.05, 3.63) is 65.5 Å². The number of nitrogens with zero attached hydrogens (tertiary/aromatic N) is 1. The van der Waals surface area contributed by atoms with Crippen molar-refractivity contribution in [1.29, 1.82) is 0 Å². The van der Waals surface area contributed by atoms with E-state index in [-0.39, 0.29) is 23.8 Å². The summed E-state index contributed by atoms with van der Waals surface area (Å²) in [6.07, 6.45) is 0. The molecular weight excluding hydrogens is 395 g/mol. The summed E-state index contributed by atoms with van der Waals surface area (Å²) in [5, 5.41) is -0.649. The van der Waals surface area contributed by atoms with Crippen LogP contribution in [0.2, 0.25) is 0 Å². The van der Waals surface area contributed by atoms with Gasteiger partial charge < -0.3 is 14.0 Å². The van der Waals surface area contributed by atoms with Crippen LogP contribution in [0.5, 0.6) is 5.75 Å². The van der Waals surface area contributed by atoms with Gasteiger partial charge in [-0.15, -0.1) is 0 Å². The average molecular weight is 424 g/mol. The number of carbonyl (C=O) groups is 1. The molecular formula is C21H28FN2O4S+. The number of likely N-dealkylation sites (N-methyl/N-ethyl adjacent to an activating group) is 1. The number of rotatable bonds is 9. The Labute approximate surface area is 172 Å². The van der Waals surface area contributed by atoms with Crippen LogP contribution in [0, 0.1) is 5.82 Å². The van der Waals surface area contributed by atoms with Crippen LogP contribution >= 0.6 is 0 Å². The van der Waals surface area contributed by atoms with E-state index in [4.69, 9.17) is 4.18 Å². The summed E-state index contributed by atoms with van der Waals surface area (Å²) in [5.41, 5.74) is 0.821. The maximum absolute atomic E-state index is 14.1.